The summed E-state index contributed by atoms with van der Waals surface area (Å²) in [7, 11) is 0. The van der Waals surface area contributed by atoms with Crippen LogP contribution in [-0.2, 0) is 11.3 Å². The highest BCUT2D eigenvalue weighted by Gasteiger charge is 2.24. The highest BCUT2D eigenvalue weighted by atomic mass is 16.2. The van der Waals surface area contributed by atoms with Crippen LogP contribution in [0.25, 0.3) is 0 Å². The fourth-order valence-electron chi connectivity index (χ4n) is 2.94. The quantitative estimate of drug-likeness (QED) is 0.748. The number of hydrogen-bond donors (Lipinski definition) is 3. The summed E-state index contributed by atoms with van der Waals surface area (Å²) < 4.78 is 0. The van der Waals surface area contributed by atoms with E-state index in [1.54, 1.807) is 6.07 Å². The minimum atomic E-state index is -0.0651. The number of rotatable bonds is 6. The van der Waals surface area contributed by atoms with E-state index in [2.05, 4.69) is 22.9 Å². The van der Waals surface area contributed by atoms with Gasteiger partial charge in [0, 0.05) is 30.1 Å². The van der Waals surface area contributed by atoms with Crippen LogP contribution < -0.4 is 16.0 Å². The molecule has 1 aromatic carbocycles. The first kappa shape index (κ1) is 18.5. The highest BCUT2D eigenvalue weighted by Crippen LogP contribution is 2.16. The van der Waals surface area contributed by atoms with E-state index in [-0.39, 0.29) is 23.8 Å². The zero-order valence-corrected chi connectivity index (χ0v) is 14.9. The maximum atomic E-state index is 12.3. The van der Waals surface area contributed by atoms with Gasteiger partial charge in [-0.2, -0.15) is 0 Å². The van der Waals surface area contributed by atoms with E-state index in [9.17, 15) is 9.59 Å². The molecule has 1 aromatic rings. The topological polar surface area (TPSA) is 70.2 Å². The molecule has 0 radical (unpaired) electrons. The summed E-state index contributed by atoms with van der Waals surface area (Å²) >= 11 is 0. The normalized spacial score (nSPS) is 21.8. The average molecular weight is 331 g/mol. The summed E-state index contributed by atoms with van der Waals surface area (Å²) in [4.78, 5) is 24.5. The zero-order valence-electron chi connectivity index (χ0n) is 14.9. The van der Waals surface area contributed by atoms with Crippen LogP contribution in [-0.4, -0.2) is 30.4 Å². The summed E-state index contributed by atoms with van der Waals surface area (Å²) in [5, 5.41) is 9.33. The van der Waals surface area contributed by atoms with E-state index < -0.39 is 0 Å². The van der Waals surface area contributed by atoms with Gasteiger partial charge in [-0.25, -0.2) is 0 Å². The van der Waals surface area contributed by atoms with Crippen LogP contribution >= 0.6 is 0 Å². The molecule has 3 N–H and O–H groups in total. The Hall–Kier alpha value is -1.88. The largest absolute Gasteiger partial charge is 0.352 e. The maximum Gasteiger partial charge on any atom is 0.251 e. The van der Waals surface area contributed by atoms with Crippen LogP contribution in [0.15, 0.2) is 24.3 Å². The molecule has 5 heteroatoms. The monoisotopic (exact) mass is 331 g/mol. The van der Waals surface area contributed by atoms with E-state index in [4.69, 9.17) is 0 Å². The van der Waals surface area contributed by atoms with Gasteiger partial charge in [0.1, 0.15) is 0 Å². The summed E-state index contributed by atoms with van der Waals surface area (Å²) in [6.07, 6.45) is 2.66. The fraction of sp³-hybridized carbons (Fsp3) is 0.579. The van der Waals surface area contributed by atoms with Crippen molar-refractivity contribution in [1.82, 2.24) is 16.0 Å². The van der Waals surface area contributed by atoms with Gasteiger partial charge < -0.3 is 16.0 Å². The lowest BCUT2D eigenvalue weighted by Gasteiger charge is -2.27. The third-order valence-electron chi connectivity index (χ3n) is 4.64. The number of carbonyl (C=O) groups is 2. The van der Waals surface area contributed by atoms with Gasteiger partial charge in [0.05, 0.1) is 0 Å². The van der Waals surface area contributed by atoms with Gasteiger partial charge in [-0.3, -0.25) is 9.59 Å². The van der Waals surface area contributed by atoms with Crippen molar-refractivity contribution in [2.24, 2.45) is 5.92 Å². The zero-order chi connectivity index (χ0) is 17.5. The number of amides is 2. The Morgan fingerprint density at radius 3 is 2.88 bits per heavy atom. The van der Waals surface area contributed by atoms with Crippen molar-refractivity contribution in [3.05, 3.63) is 35.4 Å². The number of benzene rings is 1. The van der Waals surface area contributed by atoms with Crippen molar-refractivity contribution < 1.29 is 9.59 Å². The smallest absolute Gasteiger partial charge is 0.251 e. The molecule has 0 bridgehead atoms. The van der Waals surface area contributed by atoms with Crippen LogP contribution in [0.2, 0.25) is 0 Å². The third-order valence-corrected chi connectivity index (χ3v) is 4.64. The molecule has 0 spiro atoms. The van der Waals surface area contributed by atoms with Crippen molar-refractivity contribution in [3.8, 4) is 0 Å². The summed E-state index contributed by atoms with van der Waals surface area (Å²) in [6.45, 7) is 7.49. The van der Waals surface area contributed by atoms with E-state index >= 15 is 0 Å². The number of piperidine rings is 1. The first-order chi connectivity index (χ1) is 11.5. The van der Waals surface area contributed by atoms with Crippen LogP contribution in [0.3, 0.4) is 0 Å². The highest BCUT2D eigenvalue weighted by molar-refractivity contribution is 5.94. The summed E-state index contributed by atoms with van der Waals surface area (Å²) in [5.41, 5.74) is 1.58. The van der Waals surface area contributed by atoms with Crippen molar-refractivity contribution in [1.29, 1.82) is 0 Å². The molecular formula is C19H29N3O2. The molecule has 0 aromatic heterocycles. The Balaban J connectivity index is 1.89. The summed E-state index contributed by atoms with van der Waals surface area (Å²) in [6, 6.07) is 8.00. The number of carbonyl (C=O) groups excluding carboxylic acids is 2. The van der Waals surface area contributed by atoms with Gasteiger partial charge in [-0.15, -0.1) is 0 Å². The Morgan fingerprint density at radius 1 is 1.38 bits per heavy atom. The van der Waals surface area contributed by atoms with Gasteiger partial charge >= 0.3 is 0 Å². The maximum absolute atomic E-state index is 12.3. The molecule has 1 aliphatic heterocycles. The van der Waals surface area contributed by atoms with E-state index in [0.717, 1.165) is 31.4 Å². The van der Waals surface area contributed by atoms with E-state index in [0.29, 0.717) is 18.2 Å². The number of hydrogen-bond acceptors (Lipinski definition) is 3. The second kappa shape index (κ2) is 8.83. The van der Waals surface area contributed by atoms with Gasteiger partial charge in [-0.05, 0) is 57.4 Å². The van der Waals surface area contributed by atoms with E-state index in [1.807, 2.05) is 32.0 Å². The van der Waals surface area contributed by atoms with Crippen molar-refractivity contribution in [3.63, 3.8) is 0 Å². The van der Waals surface area contributed by atoms with Crippen LogP contribution in [0.4, 0.5) is 0 Å². The molecule has 1 heterocycles. The van der Waals surface area contributed by atoms with Gasteiger partial charge in [0.15, 0.2) is 0 Å². The Bertz CT molecular complexity index is 573. The standard InChI is InChI=1S/C19H29N3O2/c1-4-13(2)22-19(24)16-7-5-6-15(11-16)12-21-18(23)17-8-9-20-14(3)10-17/h5-7,11,13-14,17,20H,4,8-10,12H2,1-3H3,(H,21,23)(H,22,24)/t13?,14-,17-/m0/s1. The lowest BCUT2D eigenvalue weighted by molar-refractivity contribution is -0.126. The first-order valence-corrected chi connectivity index (χ1v) is 8.90. The van der Waals surface area contributed by atoms with Crippen LogP contribution in [0.1, 0.15) is 56.0 Å². The van der Waals surface area contributed by atoms with Crippen molar-refractivity contribution in [2.75, 3.05) is 6.54 Å². The second-order valence-corrected chi connectivity index (χ2v) is 6.78. The molecule has 24 heavy (non-hydrogen) atoms. The molecule has 1 saturated heterocycles. The minimum Gasteiger partial charge on any atom is -0.352 e. The molecule has 1 unspecified atom stereocenters. The van der Waals surface area contributed by atoms with Crippen LogP contribution in [0.5, 0.6) is 0 Å². The SMILES string of the molecule is CCC(C)NC(=O)c1cccc(CNC(=O)[C@H]2CCN[C@@H](C)C2)c1. The molecule has 0 saturated carbocycles. The fourth-order valence-corrected chi connectivity index (χ4v) is 2.94. The molecule has 3 atom stereocenters. The van der Waals surface area contributed by atoms with Gasteiger partial charge in [0.25, 0.3) is 5.91 Å². The molecule has 132 valence electrons. The van der Waals surface area contributed by atoms with Crippen molar-refractivity contribution >= 4 is 11.8 Å². The molecule has 1 aliphatic rings. The lowest BCUT2D eigenvalue weighted by atomic mass is 9.92. The van der Waals surface area contributed by atoms with Gasteiger partial charge in [-0.1, -0.05) is 19.1 Å². The molecule has 5 nitrogen and oxygen atoms in total. The minimum absolute atomic E-state index is 0.0651. The molecule has 2 rings (SSSR count). The van der Waals surface area contributed by atoms with E-state index in [1.165, 1.54) is 0 Å². The number of nitrogens with one attached hydrogen (secondary N) is 3. The predicted octanol–water partition coefficient (Wildman–Crippen LogP) is 2.22. The molecule has 2 amide bonds. The molecule has 0 aliphatic carbocycles. The Labute approximate surface area is 144 Å². The van der Waals surface area contributed by atoms with Crippen molar-refractivity contribution in [2.45, 2.75) is 58.7 Å². The molecule has 1 fully saturated rings. The van der Waals surface area contributed by atoms with Crippen LogP contribution in [0, 0.1) is 5.92 Å². The Kier molecular flexibility index (Phi) is 6.79. The average Bonchev–Trinajstić information content (AvgIpc) is 2.59. The Morgan fingerprint density at radius 2 is 2.17 bits per heavy atom. The lowest BCUT2D eigenvalue weighted by Crippen LogP contribution is -2.42. The summed E-state index contributed by atoms with van der Waals surface area (Å²) in [5.74, 6) is 0.126. The third kappa shape index (κ3) is 5.34. The molecular weight excluding hydrogens is 302 g/mol. The van der Waals surface area contributed by atoms with Gasteiger partial charge in [0.2, 0.25) is 5.91 Å². The first-order valence-electron chi connectivity index (χ1n) is 8.90. The second-order valence-electron chi connectivity index (χ2n) is 6.78. The predicted molar refractivity (Wildman–Crippen MR) is 95.7 cm³/mol.